The fraction of sp³-hybridized carbons (Fsp3) is 0.474. The molecule has 0 saturated carbocycles. The number of amides is 1. The molecule has 0 atom stereocenters. The van der Waals surface area contributed by atoms with Crippen LogP contribution in [0.4, 0.5) is 0 Å². The summed E-state index contributed by atoms with van der Waals surface area (Å²) in [6, 6.07) is 7.95. The molecule has 1 amide bonds. The number of pyridine rings is 1. The molecule has 2 rings (SSSR count). The highest BCUT2D eigenvalue weighted by Gasteiger charge is 2.21. The quantitative estimate of drug-likeness (QED) is 0.790. The predicted molar refractivity (Wildman–Crippen MR) is 92.2 cm³/mol. The van der Waals surface area contributed by atoms with E-state index in [1.807, 2.05) is 31.2 Å². The van der Waals surface area contributed by atoms with Crippen LogP contribution in [0.15, 0.2) is 30.5 Å². The minimum absolute atomic E-state index is 0.0441. The third-order valence-corrected chi connectivity index (χ3v) is 4.03. The van der Waals surface area contributed by atoms with Gasteiger partial charge in [0.25, 0.3) is 5.91 Å². The average molecular weight is 298 g/mol. The number of rotatable bonds is 6. The molecule has 118 valence electrons. The molecule has 1 aromatic carbocycles. The lowest BCUT2D eigenvalue weighted by Gasteiger charge is -2.26. The zero-order chi connectivity index (χ0) is 16.2. The topological polar surface area (TPSA) is 42.0 Å². The molecule has 1 N–H and O–H groups in total. The molecule has 22 heavy (non-hydrogen) atoms. The summed E-state index contributed by atoms with van der Waals surface area (Å²) >= 11 is 0. The molecule has 0 aliphatic heterocycles. The number of carbonyl (C=O) groups is 1. The second kappa shape index (κ2) is 6.91. The Morgan fingerprint density at radius 1 is 1.27 bits per heavy atom. The van der Waals surface area contributed by atoms with E-state index < -0.39 is 0 Å². The molecule has 3 nitrogen and oxygen atoms in total. The third-order valence-electron chi connectivity index (χ3n) is 4.03. The first-order valence-corrected chi connectivity index (χ1v) is 8.11. The number of unbranched alkanes of at least 4 members (excludes halogenated alkanes) is 2. The van der Waals surface area contributed by atoms with Crippen LogP contribution in [-0.4, -0.2) is 16.4 Å². The molecule has 1 aromatic heterocycles. The summed E-state index contributed by atoms with van der Waals surface area (Å²) in [5, 5.41) is 4.14. The number of nitrogens with one attached hydrogen (secondary N) is 1. The van der Waals surface area contributed by atoms with Crippen molar-refractivity contribution in [1.82, 2.24) is 10.3 Å². The molecule has 0 spiro atoms. The van der Waals surface area contributed by atoms with Gasteiger partial charge in [-0.15, -0.1) is 0 Å². The molecule has 0 fully saturated rings. The second-order valence-corrected chi connectivity index (χ2v) is 6.67. The van der Waals surface area contributed by atoms with Gasteiger partial charge in [0.1, 0.15) is 0 Å². The van der Waals surface area contributed by atoms with E-state index in [9.17, 15) is 4.79 Å². The Kier molecular flexibility index (Phi) is 5.17. The number of benzene rings is 1. The molecule has 1 heterocycles. The highest BCUT2D eigenvalue weighted by Crippen LogP contribution is 2.19. The van der Waals surface area contributed by atoms with Gasteiger partial charge in [-0.05, 0) is 38.8 Å². The van der Waals surface area contributed by atoms with Gasteiger partial charge >= 0.3 is 0 Å². The van der Waals surface area contributed by atoms with Gasteiger partial charge in [0, 0.05) is 17.1 Å². The number of hydrogen-bond acceptors (Lipinski definition) is 2. The maximum absolute atomic E-state index is 12.5. The van der Waals surface area contributed by atoms with Crippen LogP contribution in [-0.2, 0) is 0 Å². The predicted octanol–water partition coefficient (Wildman–Crippen LogP) is 4.63. The number of aromatic nitrogens is 1. The Balaban J connectivity index is 2.12. The van der Waals surface area contributed by atoms with E-state index in [-0.39, 0.29) is 11.4 Å². The summed E-state index contributed by atoms with van der Waals surface area (Å²) in [5.74, 6) is -0.0441. The van der Waals surface area contributed by atoms with Gasteiger partial charge in [-0.25, -0.2) is 0 Å². The van der Waals surface area contributed by atoms with Gasteiger partial charge in [-0.1, -0.05) is 44.4 Å². The fourth-order valence-corrected chi connectivity index (χ4v) is 2.70. The Morgan fingerprint density at radius 2 is 2.05 bits per heavy atom. The molecule has 0 unspecified atom stereocenters. The van der Waals surface area contributed by atoms with Crippen molar-refractivity contribution in [2.75, 3.05) is 0 Å². The van der Waals surface area contributed by atoms with Crippen LogP contribution in [0, 0.1) is 6.92 Å². The largest absolute Gasteiger partial charge is 0.347 e. The summed E-state index contributed by atoms with van der Waals surface area (Å²) in [6.07, 6.45) is 6.20. The van der Waals surface area contributed by atoms with E-state index in [1.165, 1.54) is 12.8 Å². The van der Waals surface area contributed by atoms with Crippen molar-refractivity contribution in [3.8, 4) is 0 Å². The number of nitrogens with zero attached hydrogens (tertiary/aromatic N) is 1. The lowest BCUT2D eigenvalue weighted by molar-refractivity contribution is 0.0908. The van der Waals surface area contributed by atoms with Gasteiger partial charge in [0.05, 0.1) is 11.1 Å². The molecule has 3 heteroatoms. The Bertz CT molecular complexity index is 662. The van der Waals surface area contributed by atoms with Gasteiger partial charge in [-0.2, -0.15) is 0 Å². The normalized spacial score (nSPS) is 11.6. The summed E-state index contributed by atoms with van der Waals surface area (Å²) in [5.41, 5.74) is 2.53. The Hall–Kier alpha value is -1.90. The Morgan fingerprint density at radius 3 is 2.77 bits per heavy atom. The highest BCUT2D eigenvalue weighted by molar-refractivity contribution is 5.98. The van der Waals surface area contributed by atoms with Crippen LogP contribution in [0.25, 0.3) is 10.9 Å². The molecule has 2 aromatic rings. The number of carbonyl (C=O) groups excluding carboxylic acids is 1. The zero-order valence-corrected chi connectivity index (χ0v) is 14.1. The maximum atomic E-state index is 12.5. The SMILES string of the molecule is CCCCCC(C)(C)NC(=O)c1cnc2c(C)cccc2c1. The summed E-state index contributed by atoms with van der Waals surface area (Å²) in [6.45, 7) is 8.39. The smallest absolute Gasteiger partial charge is 0.253 e. The van der Waals surface area contributed by atoms with Crippen molar-refractivity contribution in [3.63, 3.8) is 0 Å². The first-order chi connectivity index (χ1) is 10.4. The lowest BCUT2D eigenvalue weighted by Crippen LogP contribution is -2.43. The summed E-state index contributed by atoms with van der Waals surface area (Å²) in [7, 11) is 0. The molecular formula is C19H26N2O. The molecule has 0 aliphatic carbocycles. The third kappa shape index (κ3) is 4.06. The van der Waals surface area contributed by atoms with Crippen LogP contribution >= 0.6 is 0 Å². The molecular weight excluding hydrogens is 272 g/mol. The standard InChI is InChI=1S/C19H26N2O/c1-5-6-7-11-19(3,4)21-18(22)16-12-15-10-8-9-14(2)17(15)20-13-16/h8-10,12-13H,5-7,11H2,1-4H3,(H,21,22). The van der Waals surface area contributed by atoms with Crippen molar-refractivity contribution in [3.05, 3.63) is 41.6 Å². The minimum Gasteiger partial charge on any atom is -0.347 e. The van der Waals surface area contributed by atoms with E-state index in [0.717, 1.165) is 29.3 Å². The first kappa shape index (κ1) is 16.5. The Labute approximate surface area is 133 Å². The van der Waals surface area contributed by atoms with Gasteiger partial charge in [0.15, 0.2) is 0 Å². The van der Waals surface area contributed by atoms with E-state index in [0.29, 0.717) is 5.56 Å². The summed E-state index contributed by atoms with van der Waals surface area (Å²) in [4.78, 5) is 16.9. The van der Waals surface area contributed by atoms with Gasteiger partial charge in [0.2, 0.25) is 0 Å². The highest BCUT2D eigenvalue weighted by atomic mass is 16.1. The van der Waals surface area contributed by atoms with Crippen LogP contribution in [0.3, 0.4) is 0 Å². The van der Waals surface area contributed by atoms with Crippen molar-refractivity contribution in [2.24, 2.45) is 0 Å². The van der Waals surface area contributed by atoms with E-state index in [1.54, 1.807) is 6.20 Å². The zero-order valence-electron chi connectivity index (χ0n) is 14.1. The number of para-hydroxylation sites is 1. The maximum Gasteiger partial charge on any atom is 0.253 e. The van der Waals surface area contributed by atoms with E-state index in [4.69, 9.17) is 0 Å². The van der Waals surface area contributed by atoms with Crippen molar-refractivity contribution in [1.29, 1.82) is 0 Å². The second-order valence-electron chi connectivity index (χ2n) is 6.67. The van der Waals surface area contributed by atoms with Gasteiger partial charge < -0.3 is 5.32 Å². The molecule has 0 radical (unpaired) electrons. The van der Waals surface area contributed by atoms with Crippen molar-refractivity contribution in [2.45, 2.75) is 58.9 Å². The average Bonchev–Trinajstić information content (AvgIpc) is 2.47. The minimum atomic E-state index is -0.187. The van der Waals surface area contributed by atoms with Crippen molar-refractivity contribution >= 4 is 16.8 Å². The fourth-order valence-electron chi connectivity index (χ4n) is 2.70. The van der Waals surface area contributed by atoms with Crippen LogP contribution in [0.1, 0.15) is 62.4 Å². The van der Waals surface area contributed by atoms with Crippen LogP contribution in [0.5, 0.6) is 0 Å². The number of hydrogen-bond donors (Lipinski definition) is 1. The van der Waals surface area contributed by atoms with E-state index >= 15 is 0 Å². The number of fused-ring (bicyclic) bond motifs is 1. The molecule has 0 saturated heterocycles. The monoisotopic (exact) mass is 298 g/mol. The van der Waals surface area contributed by atoms with Gasteiger partial charge in [-0.3, -0.25) is 9.78 Å². The summed E-state index contributed by atoms with van der Waals surface area (Å²) < 4.78 is 0. The van der Waals surface area contributed by atoms with Crippen LogP contribution in [0.2, 0.25) is 0 Å². The molecule has 0 aliphatic rings. The first-order valence-electron chi connectivity index (χ1n) is 8.11. The lowest BCUT2D eigenvalue weighted by atomic mass is 9.96. The molecule has 0 bridgehead atoms. The van der Waals surface area contributed by atoms with Crippen LogP contribution < -0.4 is 5.32 Å². The van der Waals surface area contributed by atoms with Crippen molar-refractivity contribution < 1.29 is 4.79 Å². The number of aryl methyl sites for hydroxylation is 1. The van der Waals surface area contributed by atoms with E-state index in [2.05, 4.69) is 31.1 Å².